The molecule has 0 saturated heterocycles. The zero-order valence-electron chi connectivity index (χ0n) is 10.0. The Labute approximate surface area is 110 Å². The average molecular weight is 293 g/mol. The first kappa shape index (κ1) is 15.1. The molecule has 6 nitrogen and oxygen atoms in total. The van der Waals surface area contributed by atoms with Gasteiger partial charge in [0.1, 0.15) is 9.77 Å². The Kier molecular flexibility index (Phi) is 5.27. The molecule has 0 aliphatic heterocycles. The summed E-state index contributed by atoms with van der Waals surface area (Å²) < 4.78 is 31.1. The van der Waals surface area contributed by atoms with Crippen LogP contribution in [-0.4, -0.2) is 39.8 Å². The van der Waals surface area contributed by atoms with E-state index >= 15 is 0 Å². The summed E-state index contributed by atoms with van der Waals surface area (Å²) in [6.45, 7) is 2.46. The summed E-state index contributed by atoms with van der Waals surface area (Å²) in [4.78, 5) is 10.5. The topological polar surface area (TPSA) is 92.7 Å². The van der Waals surface area contributed by atoms with Crippen LogP contribution in [0.3, 0.4) is 0 Å². The third-order valence-electron chi connectivity index (χ3n) is 2.19. The van der Waals surface area contributed by atoms with E-state index < -0.39 is 16.0 Å². The van der Waals surface area contributed by atoms with E-state index in [9.17, 15) is 13.2 Å². The van der Waals surface area contributed by atoms with Gasteiger partial charge in [-0.1, -0.05) is 6.92 Å². The van der Waals surface area contributed by atoms with Gasteiger partial charge < -0.3 is 9.84 Å². The molecule has 8 heteroatoms. The van der Waals surface area contributed by atoms with Crippen LogP contribution >= 0.6 is 11.3 Å². The number of thiophene rings is 1. The molecule has 1 rings (SSSR count). The van der Waals surface area contributed by atoms with Crippen LogP contribution in [0.4, 0.5) is 0 Å². The minimum Gasteiger partial charge on any atom is -0.477 e. The van der Waals surface area contributed by atoms with Gasteiger partial charge in [-0.2, -0.15) is 0 Å². The predicted octanol–water partition coefficient (Wildman–Crippen LogP) is 1.01. The van der Waals surface area contributed by atoms with Crippen molar-refractivity contribution in [1.29, 1.82) is 0 Å². The lowest BCUT2D eigenvalue weighted by atomic mass is 10.2. The molecule has 0 aliphatic carbocycles. The van der Waals surface area contributed by atoms with Crippen LogP contribution < -0.4 is 4.72 Å². The molecule has 0 radical (unpaired) electrons. The predicted molar refractivity (Wildman–Crippen MR) is 67.5 cm³/mol. The fourth-order valence-corrected chi connectivity index (χ4v) is 3.76. The van der Waals surface area contributed by atoms with E-state index in [1.165, 1.54) is 18.6 Å². The van der Waals surface area contributed by atoms with Crippen molar-refractivity contribution in [2.75, 3.05) is 20.3 Å². The van der Waals surface area contributed by atoms with Crippen molar-refractivity contribution in [1.82, 2.24) is 4.72 Å². The van der Waals surface area contributed by atoms with E-state index in [0.29, 0.717) is 6.61 Å². The highest BCUT2D eigenvalue weighted by Crippen LogP contribution is 2.21. The maximum Gasteiger partial charge on any atom is 0.347 e. The molecular formula is C10H15NO5S2. The number of nitrogens with one attached hydrogen (secondary N) is 1. The number of hydrogen-bond donors (Lipinski definition) is 2. The van der Waals surface area contributed by atoms with Gasteiger partial charge in [-0.05, 0) is 17.4 Å². The Morgan fingerprint density at radius 3 is 2.83 bits per heavy atom. The fraction of sp³-hybridized carbons (Fsp3) is 0.500. The molecule has 0 amide bonds. The number of hydrogen-bond acceptors (Lipinski definition) is 5. The minimum atomic E-state index is -3.78. The number of carboxylic acids is 1. The largest absolute Gasteiger partial charge is 0.477 e. The van der Waals surface area contributed by atoms with Crippen molar-refractivity contribution in [2.24, 2.45) is 5.92 Å². The van der Waals surface area contributed by atoms with E-state index in [1.54, 1.807) is 0 Å². The molecule has 1 unspecified atom stereocenters. The van der Waals surface area contributed by atoms with Crippen molar-refractivity contribution in [3.8, 4) is 0 Å². The summed E-state index contributed by atoms with van der Waals surface area (Å²) in [7, 11) is -2.25. The highest BCUT2D eigenvalue weighted by atomic mass is 32.2. The fourth-order valence-electron chi connectivity index (χ4n) is 1.34. The molecule has 102 valence electrons. The van der Waals surface area contributed by atoms with Gasteiger partial charge in [0.25, 0.3) is 0 Å². The molecule has 0 aliphatic rings. The number of methoxy groups -OCH3 is 1. The molecular weight excluding hydrogens is 278 g/mol. The van der Waals surface area contributed by atoms with Crippen molar-refractivity contribution in [2.45, 2.75) is 11.8 Å². The van der Waals surface area contributed by atoms with Crippen LogP contribution in [0.1, 0.15) is 16.6 Å². The minimum absolute atomic E-state index is 0.0108. The lowest BCUT2D eigenvalue weighted by Gasteiger charge is -2.11. The third-order valence-corrected chi connectivity index (χ3v) is 4.68. The van der Waals surface area contributed by atoms with Crippen LogP contribution in [0.25, 0.3) is 0 Å². The van der Waals surface area contributed by atoms with Gasteiger partial charge in [0.15, 0.2) is 0 Å². The lowest BCUT2D eigenvalue weighted by molar-refractivity contribution is 0.0698. The van der Waals surface area contributed by atoms with Gasteiger partial charge in [-0.15, -0.1) is 11.3 Å². The Hall–Kier alpha value is -0.960. The van der Waals surface area contributed by atoms with Gasteiger partial charge in [0.2, 0.25) is 10.0 Å². The van der Waals surface area contributed by atoms with Crippen molar-refractivity contribution in [3.63, 3.8) is 0 Å². The number of sulfonamides is 1. The molecule has 0 saturated carbocycles. The summed E-state index contributed by atoms with van der Waals surface area (Å²) in [5.74, 6) is -1.23. The average Bonchev–Trinajstić information content (AvgIpc) is 2.76. The molecule has 1 atom stereocenters. The van der Waals surface area contributed by atoms with E-state index in [1.807, 2.05) is 6.92 Å². The normalized spacial score (nSPS) is 13.4. The molecule has 18 heavy (non-hydrogen) atoms. The van der Waals surface area contributed by atoms with Crippen molar-refractivity contribution in [3.05, 3.63) is 16.3 Å². The molecule has 0 fully saturated rings. The molecule has 1 aromatic heterocycles. The standard InChI is InChI=1S/C10H15NO5S2/c1-7(6-16-2)5-11-18(14,15)8-3-4-17-9(8)10(12)13/h3-4,7,11H,5-6H2,1-2H3,(H,12,13). The second-order valence-electron chi connectivity index (χ2n) is 3.83. The van der Waals surface area contributed by atoms with Gasteiger partial charge in [-0.3, -0.25) is 0 Å². The summed E-state index contributed by atoms with van der Waals surface area (Å²) in [6.07, 6.45) is 0. The second-order valence-corrected chi connectivity index (χ2v) is 6.48. The highest BCUT2D eigenvalue weighted by Gasteiger charge is 2.23. The number of carbonyl (C=O) groups is 1. The second kappa shape index (κ2) is 6.28. The van der Waals surface area contributed by atoms with E-state index in [0.717, 1.165) is 11.3 Å². The maximum atomic E-state index is 11.9. The Morgan fingerprint density at radius 1 is 1.61 bits per heavy atom. The van der Waals surface area contributed by atoms with E-state index in [2.05, 4.69) is 4.72 Å². The Balaban J connectivity index is 2.80. The quantitative estimate of drug-likeness (QED) is 0.782. The SMILES string of the molecule is COCC(C)CNS(=O)(=O)c1ccsc1C(=O)O. The van der Waals surface area contributed by atoms with Crippen molar-refractivity contribution >= 4 is 27.3 Å². The smallest absolute Gasteiger partial charge is 0.347 e. The number of rotatable bonds is 7. The first-order chi connectivity index (χ1) is 8.38. The first-order valence-corrected chi connectivity index (χ1v) is 7.54. The molecule has 0 spiro atoms. The molecule has 1 heterocycles. The van der Waals surface area contributed by atoms with E-state index in [-0.39, 0.29) is 22.2 Å². The molecule has 1 aromatic rings. The summed E-state index contributed by atoms with van der Waals surface area (Å²) in [5.41, 5.74) is 0. The number of aromatic carboxylic acids is 1. The van der Waals surface area contributed by atoms with Gasteiger partial charge in [-0.25, -0.2) is 17.9 Å². The van der Waals surface area contributed by atoms with Crippen LogP contribution in [0.5, 0.6) is 0 Å². The summed E-state index contributed by atoms with van der Waals surface area (Å²) in [5, 5.41) is 10.3. The van der Waals surface area contributed by atoms with E-state index in [4.69, 9.17) is 9.84 Å². The zero-order valence-corrected chi connectivity index (χ0v) is 11.7. The van der Waals surface area contributed by atoms with Crippen molar-refractivity contribution < 1.29 is 23.1 Å². The van der Waals surface area contributed by atoms with Gasteiger partial charge in [0.05, 0.1) is 0 Å². The number of carboxylic acid groups (broad SMARTS) is 1. The third kappa shape index (κ3) is 3.77. The zero-order chi connectivity index (χ0) is 13.8. The van der Waals surface area contributed by atoms with Gasteiger partial charge >= 0.3 is 5.97 Å². The highest BCUT2D eigenvalue weighted by molar-refractivity contribution is 7.89. The first-order valence-electron chi connectivity index (χ1n) is 5.18. The molecule has 2 N–H and O–H groups in total. The van der Waals surface area contributed by atoms with Crippen LogP contribution in [-0.2, 0) is 14.8 Å². The monoisotopic (exact) mass is 293 g/mol. The van der Waals surface area contributed by atoms with Crippen LogP contribution in [0, 0.1) is 5.92 Å². The molecule has 0 bridgehead atoms. The lowest BCUT2D eigenvalue weighted by Crippen LogP contribution is -2.30. The maximum absolute atomic E-state index is 11.9. The van der Waals surface area contributed by atoms with Crippen LogP contribution in [0.15, 0.2) is 16.3 Å². The van der Waals surface area contributed by atoms with Crippen LogP contribution in [0.2, 0.25) is 0 Å². The van der Waals surface area contributed by atoms with Gasteiger partial charge in [0, 0.05) is 20.3 Å². The summed E-state index contributed by atoms with van der Waals surface area (Å²) >= 11 is 0.886. The molecule has 0 aromatic carbocycles. The number of ether oxygens (including phenoxy) is 1. The summed E-state index contributed by atoms with van der Waals surface area (Å²) in [6, 6.07) is 1.29. The Bertz CT molecular complexity index is 508. The Morgan fingerprint density at radius 2 is 2.28 bits per heavy atom.